The minimum Gasteiger partial charge on any atom is -0.465 e. The molecule has 0 aliphatic heterocycles. The third-order valence-corrected chi connectivity index (χ3v) is 2.40. The summed E-state index contributed by atoms with van der Waals surface area (Å²) in [5, 5.41) is 8.92. The largest absolute Gasteiger partial charge is 0.465 e. The van der Waals surface area contributed by atoms with Gasteiger partial charge >= 0.3 is 5.97 Å². The molecule has 0 aliphatic rings. The smallest absolute Gasteiger partial charge is 0.320 e. The van der Waals surface area contributed by atoms with E-state index in [-0.39, 0.29) is 17.9 Å². The lowest BCUT2D eigenvalue weighted by Gasteiger charge is -2.23. The van der Waals surface area contributed by atoms with Gasteiger partial charge in [0.05, 0.1) is 24.6 Å². The van der Waals surface area contributed by atoms with E-state index < -0.39 is 0 Å². The third kappa shape index (κ3) is 7.53. The molecule has 96 valence electrons. The molecule has 4 nitrogen and oxygen atoms in total. The summed E-state index contributed by atoms with van der Waals surface area (Å²) >= 11 is 0. The predicted octanol–water partition coefficient (Wildman–Crippen LogP) is 1.98. The first-order valence-corrected chi connectivity index (χ1v) is 5.85. The standard InChI is InChI=1S/C13H22N2O2/c1-5-8-15(10-12(16)17-6-2)9-7-13(3,4)11-14/h5H,1,6-10H2,2-4H3. The van der Waals surface area contributed by atoms with E-state index >= 15 is 0 Å². The number of nitrogens with zero attached hydrogens (tertiary/aromatic N) is 2. The number of nitriles is 1. The second kappa shape index (κ2) is 7.86. The third-order valence-electron chi connectivity index (χ3n) is 2.40. The van der Waals surface area contributed by atoms with Gasteiger partial charge in [-0.3, -0.25) is 9.69 Å². The van der Waals surface area contributed by atoms with Crippen molar-refractivity contribution in [2.24, 2.45) is 5.41 Å². The fourth-order valence-electron chi connectivity index (χ4n) is 1.30. The Morgan fingerprint density at radius 3 is 2.71 bits per heavy atom. The van der Waals surface area contributed by atoms with Crippen LogP contribution in [0.5, 0.6) is 0 Å². The van der Waals surface area contributed by atoms with Gasteiger partial charge in [-0.05, 0) is 27.2 Å². The molecule has 0 aliphatic carbocycles. The van der Waals surface area contributed by atoms with Crippen LogP contribution in [0.2, 0.25) is 0 Å². The van der Waals surface area contributed by atoms with Crippen molar-refractivity contribution in [2.75, 3.05) is 26.2 Å². The Morgan fingerprint density at radius 2 is 2.24 bits per heavy atom. The Bertz CT molecular complexity index is 292. The fraction of sp³-hybridized carbons (Fsp3) is 0.692. The van der Waals surface area contributed by atoms with Crippen molar-refractivity contribution < 1.29 is 9.53 Å². The Labute approximate surface area is 104 Å². The molecule has 0 spiro atoms. The fourth-order valence-corrected chi connectivity index (χ4v) is 1.30. The Kier molecular flexibility index (Phi) is 7.24. The zero-order valence-electron chi connectivity index (χ0n) is 11.0. The summed E-state index contributed by atoms with van der Waals surface area (Å²) in [7, 11) is 0. The van der Waals surface area contributed by atoms with Crippen LogP contribution in [0.25, 0.3) is 0 Å². The quantitative estimate of drug-likeness (QED) is 0.479. The SMILES string of the molecule is C=CCN(CCC(C)(C)C#N)CC(=O)OCC. The molecule has 0 radical (unpaired) electrons. The summed E-state index contributed by atoms with van der Waals surface area (Å²) in [5.41, 5.74) is -0.367. The second-order valence-corrected chi connectivity index (χ2v) is 4.57. The molecule has 0 aromatic carbocycles. The molecule has 0 fully saturated rings. The molecule has 0 aromatic heterocycles. The van der Waals surface area contributed by atoms with Gasteiger partial charge in [-0.15, -0.1) is 6.58 Å². The van der Waals surface area contributed by atoms with Gasteiger partial charge in [-0.25, -0.2) is 0 Å². The molecule has 17 heavy (non-hydrogen) atoms. The van der Waals surface area contributed by atoms with Gasteiger partial charge in [-0.2, -0.15) is 5.26 Å². The first-order valence-electron chi connectivity index (χ1n) is 5.85. The van der Waals surface area contributed by atoms with Crippen molar-refractivity contribution in [3.8, 4) is 6.07 Å². The van der Waals surface area contributed by atoms with E-state index in [9.17, 15) is 4.79 Å². The lowest BCUT2D eigenvalue weighted by Crippen LogP contribution is -2.33. The minimum atomic E-state index is -0.367. The van der Waals surface area contributed by atoms with Crippen LogP contribution in [0, 0.1) is 16.7 Å². The highest BCUT2D eigenvalue weighted by Crippen LogP contribution is 2.18. The van der Waals surface area contributed by atoms with E-state index in [0.29, 0.717) is 19.7 Å². The summed E-state index contributed by atoms with van der Waals surface area (Å²) in [4.78, 5) is 13.3. The monoisotopic (exact) mass is 238 g/mol. The normalized spacial score (nSPS) is 11.0. The van der Waals surface area contributed by atoms with Crippen molar-refractivity contribution in [3.63, 3.8) is 0 Å². The Morgan fingerprint density at radius 1 is 1.59 bits per heavy atom. The zero-order chi connectivity index (χ0) is 13.3. The lowest BCUT2D eigenvalue weighted by atomic mass is 9.91. The van der Waals surface area contributed by atoms with Gasteiger partial charge in [0.25, 0.3) is 0 Å². The van der Waals surface area contributed by atoms with Crippen molar-refractivity contribution in [3.05, 3.63) is 12.7 Å². The number of hydrogen-bond acceptors (Lipinski definition) is 4. The van der Waals surface area contributed by atoms with E-state index in [1.807, 2.05) is 18.7 Å². The van der Waals surface area contributed by atoms with Crippen LogP contribution >= 0.6 is 0 Å². The van der Waals surface area contributed by atoms with E-state index in [2.05, 4.69) is 12.6 Å². The summed E-state index contributed by atoms with van der Waals surface area (Å²) in [6.45, 7) is 11.2. The second-order valence-electron chi connectivity index (χ2n) is 4.57. The molecule has 0 N–H and O–H groups in total. The molecule has 0 amide bonds. The van der Waals surface area contributed by atoms with Crippen molar-refractivity contribution in [1.29, 1.82) is 5.26 Å². The maximum atomic E-state index is 11.4. The number of carbonyl (C=O) groups is 1. The van der Waals surface area contributed by atoms with Gasteiger partial charge in [0.15, 0.2) is 0 Å². The summed E-state index contributed by atoms with van der Waals surface area (Å²) in [6.07, 6.45) is 2.47. The molecule has 4 heteroatoms. The van der Waals surface area contributed by atoms with Gasteiger partial charge in [-0.1, -0.05) is 6.08 Å². The van der Waals surface area contributed by atoms with E-state index in [1.54, 1.807) is 13.0 Å². The van der Waals surface area contributed by atoms with Gasteiger partial charge in [0, 0.05) is 13.1 Å². The molecule has 0 saturated carbocycles. The lowest BCUT2D eigenvalue weighted by molar-refractivity contribution is -0.144. The molecule has 0 unspecified atom stereocenters. The summed E-state index contributed by atoms with van der Waals surface area (Å²) in [5.74, 6) is -0.232. The topological polar surface area (TPSA) is 53.3 Å². The Balaban J connectivity index is 4.20. The van der Waals surface area contributed by atoms with Gasteiger partial charge in [0.2, 0.25) is 0 Å². The zero-order valence-corrected chi connectivity index (χ0v) is 11.0. The molecular weight excluding hydrogens is 216 g/mol. The average Bonchev–Trinajstić information content (AvgIpc) is 2.27. The molecule has 0 saturated heterocycles. The Hall–Kier alpha value is -1.34. The van der Waals surface area contributed by atoms with Crippen LogP contribution in [0.15, 0.2) is 12.7 Å². The maximum absolute atomic E-state index is 11.4. The van der Waals surface area contributed by atoms with Crippen LogP contribution in [0.1, 0.15) is 27.2 Å². The number of rotatable bonds is 8. The number of hydrogen-bond donors (Lipinski definition) is 0. The van der Waals surface area contributed by atoms with E-state index in [0.717, 1.165) is 6.42 Å². The molecule has 0 aromatic rings. The van der Waals surface area contributed by atoms with Crippen LogP contribution in [0.3, 0.4) is 0 Å². The highest BCUT2D eigenvalue weighted by atomic mass is 16.5. The van der Waals surface area contributed by atoms with E-state index in [1.165, 1.54) is 0 Å². The average molecular weight is 238 g/mol. The summed E-state index contributed by atoms with van der Waals surface area (Å²) < 4.78 is 4.90. The van der Waals surface area contributed by atoms with Crippen molar-refractivity contribution in [2.45, 2.75) is 27.2 Å². The number of ether oxygens (including phenoxy) is 1. The predicted molar refractivity (Wildman–Crippen MR) is 67.3 cm³/mol. The van der Waals surface area contributed by atoms with Crippen LogP contribution in [-0.2, 0) is 9.53 Å². The number of esters is 1. The van der Waals surface area contributed by atoms with Crippen molar-refractivity contribution in [1.82, 2.24) is 4.90 Å². The molecule has 0 bridgehead atoms. The summed E-state index contributed by atoms with van der Waals surface area (Å²) in [6, 6.07) is 2.25. The highest BCUT2D eigenvalue weighted by molar-refractivity contribution is 5.71. The van der Waals surface area contributed by atoms with Gasteiger partial charge < -0.3 is 4.74 Å². The molecule has 0 atom stereocenters. The molecule has 0 heterocycles. The first-order chi connectivity index (χ1) is 7.95. The van der Waals surface area contributed by atoms with Gasteiger partial charge in [0.1, 0.15) is 0 Å². The molecular formula is C13H22N2O2. The number of carbonyl (C=O) groups excluding carboxylic acids is 1. The maximum Gasteiger partial charge on any atom is 0.320 e. The van der Waals surface area contributed by atoms with E-state index in [4.69, 9.17) is 10.00 Å². The van der Waals surface area contributed by atoms with Crippen molar-refractivity contribution >= 4 is 5.97 Å². The first kappa shape index (κ1) is 15.7. The van der Waals surface area contributed by atoms with Crippen LogP contribution < -0.4 is 0 Å². The van der Waals surface area contributed by atoms with Crippen LogP contribution in [-0.4, -0.2) is 37.1 Å². The minimum absolute atomic E-state index is 0.232. The van der Waals surface area contributed by atoms with Crippen LogP contribution in [0.4, 0.5) is 0 Å². The highest BCUT2D eigenvalue weighted by Gasteiger charge is 2.19. The molecule has 0 rings (SSSR count).